The summed E-state index contributed by atoms with van der Waals surface area (Å²) >= 11 is 5.86. The van der Waals surface area contributed by atoms with Crippen LogP contribution in [0.25, 0.3) is 11.0 Å². The maximum atomic E-state index is 5.86. The van der Waals surface area contributed by atoms with Crippen LogP contribution in [0.4, 0.5) is 0 Å². The average molecular weight is 329 g/mol. The van der Waals surface area contributed by atoms with Gasteiger partial charge in [0.15, 0.2) is 0 Å². The highest BCUT2D eigenvalue weighted by Gasteiger charge is 2.04. The first-order valence-electron chi connectivity index (χ1n) is 7.94. The Kier molecular flexibility index (Phi) is 4.87. The van der Waals surface area contributed by atoms with E-state index in [1.165, 1.54) is 16.6 Å². The third kappa shape index (κ3) is 3.85. The zero-order chi connectivity index (χ0) is 16.2. The molecule has 0 amide bonds. The molecule has 1 aromatic heterocycles. The molecule has 0 saturated carbocycles. The van der Waals surface area contributed by atoms with Crippen LogP contribution in [0.1, 0.15) is 24.0 Å². The summed E-state index contributed by atoms with van der Waals surface area (Å²) in [6, 6.07) is 11.9. The molecule has 0 radical (unpaired) electrons. The second-order valence-corrected chi connectivity index (χ2v) is 6.31. The lowest BCUT2D eigenvalue weighted by Gasteiger charge is -2.08. The van der Waals surface area contributed by atoms with Crippen molar-refractivity contribution in [2.45, 2.75) is 33.2 Å². The van der Waals surface area contributed by atoms with Gasteiger partial charge in [-0.25, -0.2) is 4.98 Å². The molecule has 1 heterocycles. The molecule has 0 bridgehead atoms. The predicted molar refractivity (Wildman–Crippen MR) is 95.4 cm³/mol. The van der Waals surface area contributed by atoms with E-state index in [-0.39, 0.29) is 0 Å². The van der Waals surface area contributed by atoms with E-state index in [2.05, 4.69) is 35.5 Å². The van der Waals surface area contributed by atoms with E-state index in [0.29, 0.717) is 6.61 Å². The maximum absolute atomic E-state index is 5.86. The molecule has 2 aromatic carbocycles. The van der Waals surface area contributed by atoms with Crippen LogP contribution >= 0.6 is 11.6 Å². The normalized spacial score (nSPS) is 11.1. The highest BCUT2D eigenvalue weighted by atomic mass is 35.5. The van der Waals surface area contributed by atoms with E-state index in [1.54, 1.807) is 0 Å². The third-order valence-electron chi connectivity index (χ3n) is 4.11. The largest absolute Gasteiger partial charge is 0.494 e. The Morgan fingerprint density at radius 2 is 1.78 bits per heavy atom. The van der Waals surface area contributed by atoms with Gasteiger partial charge in [0.1, 0.15) is 5.75 Å². The summed E-state index contributed by atoms with van der Waals surface area (Å²) < 4.78 is 7.95. The van der Waals surface area contributed by atoms with E-state index >= 15 is 0 Å². The van der Waals surface area contributed by atoms with Crippen molar-refractivity contribution in [1.29, 1.82) is 0 Å². The average Bonchev–Trinajstić information content (AvgIpc) is 2.91. The minimum absolute atomic E-state index is 0.715. The number of hydrogen-bond donors (Lipinski definition) is 0. The minimum atomic E-state index is 0.715. The highest BCUT2D eigenvalue weighted by molar-refractivity contribution is 6.30. The molecule has 0 aliphatic rings. The van der Waals surface area contributed by atoms with Crippen LogP contribution in [-0.2, 0) is 6.54 Å². The number of aromatic nitrogens is 2. The summed E-state index contributed by atoms with van der Waals surface area (Å²) in [5, 5.41) is 0.731. The summed E-state index contributed by atoms with van der Waals surface area (Å²) in [7, 11) is 0. The van der Waals surface area contributed by atoms with Crippen LogP contribution in [0.3, 0.4) is 0 Å². The van der Waals surface area contributed by atoms with Gasteiger partial charge < -0.3 is 9.30 Å². The van der Waals surface area contributed by atoms with Gasteiger partial charge in [0, 0.05) is 11.6 Å². The molecule has 3 nitrogen and oxygen atoms in total. The summed E-state index contributed by atoms with van der Waals surface area (Å²) in [5.74, 6) is 0.869. The molecule has 0 N–H and O–H groups in total. The number of nitrogens with zero attached hydrogens (tertiary/aromatic N) is 2. The smallest absolute Gasteiger partial charge is 0.119 e. The molecule has 120 valence electrons. The van der Waals surface area contributed by atoms with Crippen LogP contribution < -0.4 is 4.74 Å². The molecule has 23 heavy (non-hydrogen) atoms. The molecule has 0 unspecified atom stereocenters. The van der Waals surface area contributed by atoms with Gasteiger partial charge in [-0.2, -0.15) is 0 Å². The van der Waals surface area contributed by atoms with Crippen LogP contribution in [0.2, 0.25) is 5.02 Å². The lowest BCUT2D eigenvalue weighted by molar-refractivity contribution is 0.303. The zero-order valence-electron chi connectivity index (χ0n) is 13.6. The van der Waals surface area contributed by atoms with Gasteiger partial charge in [0.2, 0.25) is 0 Å². The number of imidazole rings is 1. The molecular weight excluding hydrogens is 308 g/mol. The van der Waals surface area contributed by atoms with Gasteiger partial charge >= 0.3 is 0 Å². The van der Waals surface area contributed by atoms with Crippen molar-refractivity contribution >= 4 is 22.6 Å². The van der Waals surface area contributed by atoms with Crippen LogP contribution in [0.5, 0.6) is 5.75 Å². The number of unbranched alkanes of at least 4 members (excludes halogenated alkanes) is 1. The first kappa shape index (κ1) is 15.9. The molecule has 0 atom stereocenters. The number of benzene rings is 2. The minimum Gasteiger partial charge on any atom is -0.494 e. The lowest BCUT2D eigenvalue weighted by Crippen LogP contribution is -2.01. The second kappa shape index (κ2) is 7.05. The zero-order valence-corrected chi connectivity index (χ0v) is 14.3. The topological polar surface area (TPSA) is 27.1 Å². The Morgan fingerprint density at radius 3 is 2.57 bits per heavy atom. The molecule has 4 heteroatoms. The van der Waals surface area contributed by atoms with Gasteiger partial charge in [-0.3, -0.25) is 0 Å². The summed E-state index contributed by atoms with van der Waals surface area (Å²) in [6.45, 7) is 5.95. The molecule has 0 spiro atoms. The number of aryl methyl sites for hydroxylation is 3. The van der Waals surface area contributed by atoms with E-state index in [9.17, 15) is 0 Å². The molecule has 0 aliphatic heterocycles. The fourth-order valence-corrected chi connectivity index (χ4v) is 2.72. The maximum Gasteiger partial charge on any atom is 0.119 e. The fourth-order valence-electron chi connectivity index (χ4n) is 2.60. The second-order valence-electron chi connectivity index (χ2n) is 5.87. The summed E-state index contributed by atoms with van der Waals surface area (Å²) in [5.41, 5.74) is 4.89. The van der Waals surface area contributed by atoms with Crippen molar-refractivity contribution in [3.63, 3.8) is 0 Å². The predicted octanol–water partition coefficient (Wildman–Crippen LogP) is 5.17. The first-order valence-corrected chi connectivity index (χ1v) is 8.32. The van der Waals surface area contributed by atoms with Gasteiger partial charge in [0.05, 0.1) is 24.0 Å². The third-order valence-corrected chi connectivity index (χ3v) is 4.36. The van der Waals surface area contributed by atoms with Crippen LogP contribution in [0, 0.1) is 13.8 Å². The van der Waals surface area contributed by atoms with Crippen molar-refractivity contribution in [3.05, 3.63) is 58.9 Å². The number of ether oxygens (including phenoxy) is 1. The Hall–Kier alpha value is -2.00. The van der Waals surface area contributed by atoms with Gasteiger partial charge in [-0.05, 0) is 74.2 Å². The van der Waals surface area contributed by atoms with E-state index in [1.807, 2.05) is 30.6 Å². The van der Waals surface area contributed by atoms with Crippen LogP contribution in [0.15, 0.2) is 42.7 Å². The standard InChI is InChI=1S/C19H21ClN2O/c1-14-11-18-19(12-15(14)2)22(13-21-18)9-3-4-10-23-17-7-5-16(20)6-8-17/h5-8,11-13H,3-4,9-10H2,1-2H3. The first-order chi connectivity index (χ1) is 11.1. The molecule has 0 saturated heterocycles. The lowest BCUT2D eigenvalue weighted by atomic mass is 10.1. The Morgan fingerprint density at radius 1 is 1.04 bits per heavy atom. The Bertz CT molecular complexity index is 793. The highest BCUT2D eigenvalue weighted by Crippen LogP contribution is 2.19. The number of hydrogen-bond acceptors (Lipinski definition) is 2. The quantitative estimate of drug-likeness (QED) is 0.584. The molecule has 3 aromatic rings. The van der Waals surface area contributed by atoms with E-state index < -0.39 is 0 Å². The Labute approximate surface area is 141 Å². The Balaban J connectivity index is 1.51. The van der Waals surface area contributed by atoms with E-state index in [4.69, 9.17) is 16.3 Å². The van der Waals surface area contributed by atoms with Crippen molar-refractivity contribution < 1.29 is 4.74 Å². The molecule has 3 rings (SSSR count). The van der Waals surface area contributed by atoms with E-state index in [0.717, 1.165) is 35.7 Å². The van der Waals surface area contributed by atoms with Crippen molar-refractivity contribution in [2.24, 2.45) is 0 Å². The SMILES string of the molecule is Cc1cc2ncn(CCCCOc3ccc(Cl)cc3)c2cc1C. The number of fused-ring (bicyclic) bond motifs is 1. The molecule has 0 aliphatic carbocycles. The summed E-state index contributed by atoms with van der Waals surface area (Å²) in [4.78, 5) is 4.49. The molecular formula is C19H21ClN2O. The number of rotatable bonds is 6. The van der Waals surface area contributed by atoms with Gasteiger partial charge in [-0.15, -0.1) is 0 Å². The van der Waals surface area contributed by atoms with Crippen LogP contribution in [-0.4, -0.2) is 16.2 Å². The summed E-state index contributed by atoms with van der Waals surface area (Å²) in [6.07, 6.45) is 4.00. The van der Waals surface area contributed by atoms with Gasteiger partial charge in [0.25, 0.3) is 0 Å². The molecule has 0 fully saturated rings. The fraction of sp³-hybridized carbons (Fsp3) is 0.316. The van der Waals surface area contributed by atoms with Crippen molar-refractivity contribution in [2.75, 3.05) is 6.61 Å². The van der Waals surface area contributed by atoms with Crippen molar-refractivity contribution in [1.82, 2.24) is 9.55 Å². The van der Waals surface area contributed by atoms with Crippen molar-refractivity contribution in [3.8, 4) is 5.75 Å². The monoisotopic (exact) mass is 328 g/mol. The number of halogens is 1. The van der Waals surface area contributed by atoms with Gasteiger partial charge in [-0.1, -0.05) is 11.6 Å².